The maximum Gasteiger partial charge on any atom is 0.338 e. The van der Waals surface area contributed by atoms with E-state index in [1.165, 1.54) is 12.1 Å². The third-order valence-electron chi connectivity index (χ3n) is 1.71. The highest BCUT2D eigenvalue weighted by molar-refractivity contribution is 8.13. The first-order chi connectivity index (χ1) is 7.36. The second-order valence-electron chi connectivity index (χ2n) is 2.80. The van der Waals surface area contributed by atoms with E-state index in [-0.39, 0.29) is 22.1 Å². The van der Waals surface area contributed by atoms with Gasteiger partial charge in [0.25, 0.3) is 9.05 Å². The number of halogens is 2. The quantitative estimate of drug-likeness (QED) is 0.631. The molecule has 1 aromatic carbocycles. The highest BCUT2D eigenvalue weighted by Crippen LogP contribution is 2.25. The average Bonchev–Trinajstić information content (AvgIpc) is 2.16. The van der Waals surface area contributed by atoms with Crippen LogP contribution >= 0.6 is 22.3 Å². The third kappa shape index (κ3) is 3.10. The monoisotopic (exact) mass is 282 g/mol. The number of rotatable bonds is 3. The Morgan fingerprint density at radius 3 is 2.50 bits per heavy atom. The summed E-state index contributed by atoms with van der Waals surface area (Å²) in [5, 5.41) is -0.111. The number of benzene rings is 1. The molecule has 1 aromatic rings. The first-order valence-electron chi connectivity index (χ1n) is 4.27. The normalized spacial score (nSPS) is 11.2. The smallest absolute Gasteiger partial charge is 0.338 e. The van der Waals surface area contributed by atoms with Crippen molar-refractivity contribution >= 4 is 37.3 Å². The lowest BCUT2D eigenvalue weighted by molar-refractivity contribution is 0.0526. The Bertz CT molecular complexity index is 510. The Labute approximate surface area is 103 Å². The number of carbonyl (C=O) groups is 1. The van der Waals surface area contributed by atoms with Gasteiger partial charge >= 0.3 is 5.97 Å². The van der Waals surface area contributed by atoms with E-state index in [2.05, 4.69) is 0 Å². The molecule has 88 valence electrons. The summed E-state index contributed by atoms with van der Waals surface area (Å²) >= 11 is 5.69. The molecule has 0 aliphatic carbocycles. The minimum absolute atomic E-state index is 0.111. The van der Waals surface area contributed by atoms with Crippen molar-refractivity contribution in [3.63, 3.8) is 0 Å². The average molecular weight is 283 g/mol. The lowest BCUT2D eigenvalue weighted by Crippen LogP contribution is -2.05. The van der Waals surface area contributed by atoms with E-state index < -0.39 is 15.0 Å². The minimum Gasteiger partial charge on any atom is -0.462 e. The second kappa shape index (κ2) is 5.03. The van der Waals surface area contributed by atoms with Crippen molar-refractivity contribution < 1.29 is 17.9 Å². The fourth-order valence-electron chi connectivity index (χ4n) is 1.04. The van der Waals surface area contributed by atoms with Gasteiger partial charge in [-0.3, -0.25) is 0 Å². The van der Waals surface area contributed by atoms with Crippen LogP contribution in [-0.2, 0) is 13.8 Å². The molecule has 0 saturated heterocycles. The van der Waals surface area contributed by atoms with Gasteiger partial charge in [0.05, 0.1) is 17.2 Å². The van der Waals surface area contributed by atoms with Crippen LogP contribution in [0.15, 0.2) is 23.1 Å². The van der Waals surface area contributed by atoms with Crippen LogP contribution in [0, 0.1) is 0 Å². The number of hydrogen-bond acceptors (Lipinski definition) is 4. The molecule has 0 fully saturated rings. The number of carbonyl (C=O) groups excluding carboxylic acids is 1. The molecule has 1 rings (SSSR count). The van der Waals surface area contributed by atoms with Gasteiger partial charge in [0.2, 0.25) is 0 Å². The molecule has 0 unspecified atom stereocenters. The Hall–Kier alpha value is -0.780. The van der Waals surface area contributed by atoms with Crippen molar-refractivity contribution in [1.29, 1.82) is 0 Å². The van der Waals surface area contributed by atoms with Gasteiger partial charge in [-0.1, -0.05) is 11.6 Å². The van der Waals surface area contributed by atoms with Gasteiger partial charge in [-0.15, -0.1) is 0 Å². The van der Waals surface area contributed by atoms with E-state index in [0.29, 0.717) is 0 Å². The van der Waals surface area contributed by atoms with Crippen molar-refractivity contribution in [3.8, 4) is 0 Å². The van der Waals surface area contributed by atoms with Gasteiger partial charge in [-0.2, -0.15) is 0 Å². The van der Waals surface area contributed by atoms with Crippen LogP contribution in [0.25, 0.3) is 0 Å². The van der Waals surface area contributed by atoms with E-state index in [0.717, 1.165) is 6.07 Å². The summed E-state index contributed by atoms with van der Waals surface area (Å²) in [6, 6.07) is 3.66. The molecule has 0 bridgehead atoms. The molecule has 0 spiro atoms. The van der Waals surface area contributed by atoms with Gasteiger partial charge in [-0.25, -0.2) is 13.2 Å². The van der Waals surface area contributed by atoms with Gasteiger partial charge in [0.15, 0.2) is 0 Å². The van der Waals surface area contributed by atoms with Gasteiger partial charge in [-0.05, 0) is 25.1 Å². The van der Waals surface area contributed by atoms with E-state index in [1.807, 2.05) is 0 Å². The molecule has 0 atom stereocenters. The van der Waals surface area contributed by atoms with Gasteiger partial charge < -0.3 is 4.74 Å². The largest absolute Gasteiger partial charge is 0.462 e. The highest BCUT2D eigenvalue weighted by atomic mass is 35.7. The minimum atomic E-state index is -3.90. The maximum atomic E-state index is 11.3. The Balaban J connectivity index is 3.14. The molecule has 0 aliphatic heterocycles. The zero-order chi connectivity index (χ0) is 12.3. The molecule has 16 heavy (non-hydrogen) atoms. The zero-order valence-electron chi connectivity index (χ0n) is 8.24. The number of ether oxygens (including phenoxy) is 1. The predicted molar refractivity (Wildman–Crippen MR) is 60.4 cm³/mol. The fraction of sp³-hybridized carbons (Fsp3) is 0.222. The Morgan fingerprint density at radius 1 is 1.44 bits per heavy atom. The summed E-state index contributed by atoms with van der Waals surface area (Å²) in [4.78, 5) is 11.1. The zero-order valence-corrected chi connectivity index (χ0v) is 10.6. The van der Waals surface area contributed by atoms with Gasteiger partial charge in [0, 0.05) is 10.7 Å². The van der Waals surface area contributed by atoms with Crippen LogP contribution in [0.2, 0.25) is 5.02 Å². The number of hydrogen-bond donors (Lipinski definition) is 0. The van der Waals surface area contributed by atoms with Gasteiger partial charge in [0.1, 0.15) is 4.90 Å². The summed E-state index contributed by atoms with van der Waals surface area (Å²) < 4.78 is 26.8. The molecule has 0 saturated carbocycles. The van der Waals surface area contributed by atoms with Crippen LogP contribution < -0.4 is 0 Å². The first kappa shape index (κ1) is 13.3. The Kier molecular flexibility index (Phi) is 4.18. The van der Waals surface area contributed by atoms with E-state index >= 15 is 0 Å². The molecule has 7 heteroatoms. The molecular formula is C9H8Cl2O4S. The van der Waals surface area contributed by atoms with Crippen molar-refractivity contribution in [1.82, 2.24) is 0 Å². The van der Waals surface area contributed by atoms with Crippen molar-refractivity contribution in [2.45, 2.75) is 11.8 Å². The van der Waals surface area contributed by atoms with Crippen molar-refractivity contribution in [2.24, 2.45) is 0 Å². The molecule has 4 nitrogen and oxygen atoms in total. The SMILES string of the molecule is CCOC(=O)c1ccc(S(=O)(=O)Cl)c(Cl)c1. The lowest BCUT2D eigenvalue weighted by atomic mass is 10.2. The molecule has 0 heterocycles. The summed E-state index contributed by atoms with van der Waals surface area (Å²) in [6.45, 7) is 1.89. The molecule has 0 amide bonds. The van der Waals surface area contributed by atoms with Crippen molar-refractivity contribution in [2.75, 3.05) is 6.61 Å². The molecule has 0 radical (unpaired) electrons. The maximum absolute atomic E-state index is 11.3. The summed E-state index contributed by atoms with van der Waals surface area (Å²) in [5.41, 5.74) is 0.177. The molecular weight excluding hydrogens is 275 g/mol. The molecule has 0 aliphatic rings. The van der Waals surface area contributed by atoms with Crippen LogP contribution in [-0.4, -0.2) is 21.0 Å². The predicted octanol–water partition coefficient (Wildman–Crippen LogP) is 2.44. The topological polar surface area (TPSA) is 60.4 Å². The van der Waals surface area contributed by atoms with Crippen LogP contribution in [0.5, 0.6) is 0 Å². The first-order valence-corrected chi connectivity index (χ1v) is 6.96. The summed E-state index contributed by atoms with van der Waals surface area (Å²) in [7, 11) is 1.23. The summed E-state index contributed by atoms with van der Waals surface area (Å²) in [6.07, 6.45) is 0. The van der Waals surface area contributed by atoms with Crippen LogP contribution in [0.1, 0.15) is 17.3 Å². The van der Waals surface area contributed by atoms with Crippen molar-refractivity contribution in [3.05, 3.63) is 28.8 Å². The number of esters is 1. The molecule has 0 aromatic heterocycles. The van der Waals surface area contributed by atoms with E-state index in [1.54, 1.807) is 6.92 Å². The lowest BCUT2D eigenvalue weighted by Gasteiger charge is -2.04. The Morgan fingerprint density at radius 2 is 2.06 bits per heavy atom. The molecule has 0 N–H and O–H groups in total. The van der Waals surface area contributed by atoms with E-state index in [9.17, 15) is 13.2 Å². The van der Waals surface area contributed by atoms with Crippen LogP contribution in [0.4, 0.5) is 0 Å². The third-order valence-corrected chi connectivity index (χ3v) is 3.51. The highest BCUT2D eigenvalue weighted by Gasteiger charge is 2.17. The van der Waals surface area contributed by atoms with Crippen LogP contribution in [0.3, 0.4) is 0 Å². The second-order valence-corrected chi connectivity index (χ2v) is 5.75. The standard InChI is InChI=1S/C9H8Cl2O4S/c1-2-15-9(12)6-3-4-8(7(10)5-6)16(11,13)14/h3-5H,2H2,1H3. The van der Waals surface area contributed by atoms with E-state index in [4.69, 9.17) is 27.0 Å². The summed E-state index contributed by atoms with van der Waals surface area (Å²) in [5.74, 6) is -0.567. The fourth-order valence-corrected chi connectivity index (χ4v) is 2.57.